The van der Waals surface area contributed by atoms with Crippen LogP contribution in [0.4, 0.5) is 11.5 Å². The van der Waals surface area contributed by atoms with Crippen LogP contribution < -0.4 is 16.0 Å². The summed E-state index contributed by atoms with van der Waals surface area (Å²) in [6, 6.07) is 3.20. The van der Waals surface area contributed by atoms with Crippen molar-refractivity contribution in [2.24, 2.45) is 11.1 Å². The molecule has 3 N–H and O–H groups in total. The fourth-order valence-corrected chi connectivity index (χ4v) is 2.05. The Labute approximate surface area is 125 Å². The van der Waals surface area contributed by atoms with Crippen molar-refractivity contribution in [2.45, 2.75) is 26.8 Å². The van der Waals surface area contributed by atoms with E-state index in [2.05, 4.69) is 15.2 Å². The minimum Gasteiger partial charge on any atom is -0.378 e. The van der Waals surface area contributed by atoms with Crippen LogP contribution in [-0.2, 0) is 9.53 Å². The maximum Gasteiger partial charge on any atom is 0.241 e. The van der Waals surface area contributed by atoms with E-state index in [1.54, 1.807) is 6.20 Å². The predicted octanol–water partition coefficient (Wildman–Crippen LogP) is 1.23. The molecule has 116 valence electrons. The summed E-state index contributed by atoms with van der Waals surface area (Å²) in [7, 11) is 0. The Hall–Kier alpha value is -1.66. The van der Waals surface area contributed by atoms with Gasteiger partial charge in [-0.3, -0.25) is 4.79 Å². The lowest BCUT2D eigenvalue weighted by atomic mass is 9.87. The molecule has 1 atom stereocenters. The molecule has 1 aliphatic rings. The summed E-state index contributed by atoms with van der Waals surface area (Å²) in [5.74, 6) is 0.708. The van der Waals surface area contributed by atoms with Crippen LogP contribution in [0.1, 0.15) is 20.8 Å². The number of carbonyl (C=O) groups excluding carboxylic acids is 1. The molecule has 1 aromatic heterocycles. The zero-order chi connectivity index (χ0) is 15.5. The molecule has 0 radical (unpaired) electrons. The van der Waals surface area contributed by atoms with Gasteiger partial charge in [0, 0.05) is 13.1 Å². The molecule has 0 aliphatic carbocycles. The molecule has 2 heterocycles. The number of nitrogens with one attached hydrogen (secondary N) is 1. The Morgan fingerprint density at radius 2 is 2.05 bits per heavy atom. The van der Waals surface area contributed by atoms with Gasteiger partial charge in [0.25, 0.3) is 0 Å². The van der Waals surface area contributed by atoms with Crippen molar-refractivity contribution in [2.75, 3.05) is 36.5 Å². The molecular weight excluding hydrogens is 268 g/mol. The topological polar surface area (TPSA) is 80.5 Å². The van der Waals surface area contributed by atoms with Crippen LogP contribution in [0.15, 0.2) is 18.3 Å². The number of aromatic nitrogens is 1. The quantitative estimate of drug-likeness (QED) is 0.876. The van der Waals surface area contributed by atoms with Crippen molar-refractivity contribution in [3.63, 3.8) is 0 Å². The van der Waals surface area contributed by atoms with Crippen LogP contribution in [0.3, 0.4) is 0 Å². The zero-order valence-electron chi connectivity index (χ0n) is 12.9. The van der Waals surface area contributed by atoms with Crippen molar-refractivity contribution < 1.29 is 9.53 Å². The van der Waals surface area contributed by atoms with E-state index >= 15 is 0 Å². The van der Waals surface area contributed by atoms with Gasteiger partial charge in [-0.1, -0.05) is 20.8 Å². The lowest BCUT2D eigenvalue weighted by molar-refractivity contribution is -0.119. The standard InChI is InChI=1S/C15H24N4O2/c1-15(2,3)13(16)14(20)18-11-4-5-12(17-10-11)19-6-8-21-9-7-19/h4-5,10,13H,6-9,16H2,1-3H3,(H,18,20)/t13-/m0/s1. The second-order valence-electron chi connectivity index (χ2n) is 6.34. The second kappa shape index (κ2) is 6.41. The van der Waals surface area contributed by atoms with E-state index in [-0.39, 0.29) is 11.3 Å². The predicted molar refractivity (Wildman–Crippen MR) is 83.3 cm³/mol. The molecule has 1 saturated heterocycles. The number of ether oxygens (including phenoxy) is 1. The number of nitrogens with zero attached hydrogens (tertiary/aromatic N) is 2. The smallest absolute Gasteiger partial charge is 0.241 e. The summed E-state index contributed by atoms with van der Waals surface area (Å²) in [6.07, 6.45) is 1.66. The number of hydrogen-bond acceptors (Lipinski definition) is 5. The van der Waals surface area contributed by atoms with Gasteiger partial charge in [-0.15, -0.1) is 0 Å². The number of amides is 1. The maximum absolute atomic E-state index is 12.1. The summed E-state index contributed by atoms with van der Waals surface area (Å²) < 4.78 is 5.32. The van der Waals surface area contributed by atoms with E-state index in [4.69, 9.17) is 10.5 Å². The molecule has 6 heteroatoms. The van der Waals surface area contributed by atoms with Crippen LogP contribution in [0.25, 0.3) is 0 Å². The van der Waals surface area contributed by atoms with Gasteiger partial charge in [-0.05, 0) is 17.5 Å². The first-order valence-corrected chi connectivity index (χ1v) is 7.23. The molecular formula is C15H24N4O2. The van der Waals surface area contributed by atoms with E-state index in [1.165, 1.54) is 0 Å². The van der Waals surface area contributed by atoms with Crippen LogP contribution in [0, 0.1) is 5.41 Å². The Morgan fingerprint density at radius 1 is 1.38 bits per heavy atom. The van der Waals surface area contributed by atoms with E-state index in [1.807, 2.05) is 32.9 Å². The number of rotatable bonds is 3. The van der Waals surface area contributed by atoms with Gasteiger partial charge in [-0.25, -0.2) is 4.98 Å². The summed E-state index contributed by atoms with van der Waals surface area (Å²) in [6.45, 7) is 8.95. The summed E-state index contributed by atoms with van der Waals surface area (Å²) in [4.78, 5) is 18.6. The first-order chi connectivity index (χ1) is 9.88. The monoisotopic (exact) mass is 292 g/mol. The molecule has 1 aromatic rings. The van der Waals surface area contributed by atoms with E-state index < -0.39 is 6.04 Å². The normalized spacial score (nSPS) is 17.4. The van der Waals surface area contributed by atoms with E-state index in [9.17, 15) is 4.79 Å². The number of pyridine rings is 1. The highest BCUT2D eigenvalue weighted by molar-refractivity contribution is 5.95. The number of nitrogens with two attached hydrogens (primary N) is 1. The van der Waals surface area contributed by atoms with Gasteiger partial charge in [0.15, 0.2) is 0 Å². The van der Waals surface area contributed by atoms with Gasteiger partial charge in [0.05, 0.1) is 31.1 Å². The minimum absolute atomic E-state index is 0.191. The van der Waals surface area contributed by atoms with Crippen molar-refractivity contribution in [1.82, 2.24) is 4.98 Å². The minimum atomic E-state index is -0.559. The molecule has 0 aromatic carbocycles. The third-order valence-electron chi connectivity index (χ3n) is 3.57. The average Bonchev–Trinajstić information content (AvgIpc) is 2.47. The van der Waals surface area contributed by atoms with Crippen LogP contribution in [-0.4, -0.2) is 43.2 Å². The number of morpholine rings is 1. The van der Waals surface area contributed by atoms with Gasteiger partial charge in [0.1, 0.15) is 5.82 Å². The van der Waals surface area contributed by atoms with Crippen LogP contribution >= 0.6 is 0 Å². The molecule has 2 rings (SSSR count). The molecule has 0 saturated carbocycles. The molecule has 0 spiro atoms. The van der Waals surface area contributed by atoms with Gasteiger partial charge in [0.2, 0.25) is 5.91 Å². The highest BCUT2D eigenvalue weighted by Gasteiger charge is 2.27. The molecule has 0 unspecified atom stereocenters. The molecule has 1 amide bonds. The summed E-state index contributed by atoms with van der Waals surface area (Å²) in [5.41, 5.74) is 6.33. The first kappa shape index (κ1) is 15.7. The van der Waals surface area contributed by atoms with Gasteiger partial charge in [-0.2, -0.15) is 0 Å². The zero-order valence-corrected chi connectivity index (χ0v) is 12.9. The van der Waals surface area contributed by atoms with E-state index in [0.29, 0.717) is 5.69 Å². The Bertz CT molecular complexity index is 475. The van der Waals surface area contributed by atoms with Crippen molar-refractivity contribution >= 4 is 17.4 Å². The number of anilines is 2. The second-order valence-corrected chi connectivity index (χ2v) is 6.34. The third kappa shape index (κ3) is 4.15. The Kier molecular flexibility index (Phi) is 4.80. The fraction of sp³-hybridized carbons (Fsp3) is 0.600. The summed E-state index contributed by atoms with van der Waals surface area (Å²) in [5, 5.41) is 2.81. The molecule has 1 aliphatic heterocycles. The number of hydrogen-bond donors (Lipinski definition) is 2. The SMILES string of the molecule is CC(C)(C)[C@@H](N)C(=O)Nc1ccc(N2CCOCC2)nc1. The average molecular weight is 292 g/mol. The van der Waals surface area contributed by atoms with Crippen molar-refractivity contribution in [1.29, 1.82) is 0 Å². The molecule has 6 nitrogen and oxygen atoms in total. The van der Waals surface area contributed by atoms with E-state index in [0.717, 1.165) is 32.1 Å². The first-order valence-electron chi connectivity index (χ1n) is 7.23. The number of carbonyl (C=O) groups is 1. The fourth-order valence-electron chi connectivity index (χ4n) is 2.05. The van der Waals surface area contributed by atoms with Crippen molar-refractivity contribution in [3.8, 4) is 0 Å². The van der Waals surface area contributed by atoms with Crippen molar-refractivity contribution in [3.05, 3.63) is 18.3 Å². The molecule has 0 bridgehead atoms. The highest BCUT2D eigenvalue weighted by atomic mass is 16.5. The molecule has 1 fully saturated rings. The lowest BCUT2D eigenvalue weighted by Crippen LogP contribution is -2.45. The van der Waals surface area contributed by atoms with Gasteiger partial charge < -0.3 is 20.7 Å². The van der Waals surface area contributed by atoms with Gasteiger partial charge >= 0.3 is 0 Å². The largest absolute Gasteiger partial charge is 0.378 e. The van der Waals surface area contributed by atoms with Crippen LogP contribution in [0.5, 0.6) is 0 Å². The maximum atomic E-state index is 12.1. The summed E-state index contributed by atoms with van der Waals surface area (Å²) >= 11 is 0. The Morgan fingerprint density at radius 3 is 2.57 bits per heavy atom. The van der Waals surface area contributed by atoms with Crippen LogP contribution in [0.2, 0.25) is 0 Å². The molecule has 21 heavy (non-hydrogen) atoms. The highest BCUT2D eigenvalue weighted by Crippen LogP contribution is 2.20. The Balaban J connectivity index is 1.97. The third-order valence-corrected chi connectivity index (χ3v) is 3.57. The lowest BCUT2D eigenvalue weighted by Gasteiger charge is -2.28.